The molecule has 0 bridgehead atoms. The van der Waals surface area contributed by atoms with Gasteiger partial charge >= 0.3 is 0 Å². The number of aryl methyl sites for hydroxylation is 1. The summed E-state index contributed by atoms with van der Waals surface area (Å²) in [6.07, 6.45) is 1.64. The summed E-state index contributed by atoms with van der Waals surface area (Å²) in [5.74, 6) is 2.88. The van der Waals surface area contributed by atoms with E-state index >= 15 is 0 Å². The predicted octanol–water partition coefficient (Wildman–Crippen LogP) is 4.44. The summed E-state index contributed by atoms with van der Waals surface area (Å²) in [6.45, 7) is 9.25. The number of aromatic nitrogens is 4. The van der Waals surface area contributed by atoms with E-state index in [1.54, 1.807) is 0 Å². The number of hydrogen-bond acceptors (Lipinski definition) is 6. The van der Waals surface area contributed by atoms with Crippen molar-refractivity contribution in [1.29, 1.82) is 0 Å². The minimum absolute atomic E-state index is 0.00659. The van der Waals surface area contributed by atoms with Gasteiger partial charge in [0.25, 0.3) is 5.91 Å². The fourth-order valence-corrected chi connectivity index (χ4v) is 4.77. The Morgan fingerprint density at radius 1 is 0.946 bits per heavy atom. The molecule has 1 fully saturated rings. The van der Waals surface area contributed by atoms with Crippen molar-refractivity contribution >= 4 is 22.8 Å². The molecule has 0 aliphatic carbocycles. The van der Waals surface area contributed by atoms with E-state index < -0.39 is 0 Å². The lowest BCUT2D eigenvalue weighted by atomic mass is 10.1. The SMILES string of the molecule is Cc1nn(-c2ccccc2)c2nc(CC(C)C)nc(N3CCCN(C(=O)COc4ccccc4)CC3)c12. The first-order valence-electron chi connectivity index (χ1n) is 13.0. The summed E-state index contributed by atoms with van der Waals surface area (Å²) in [4.78, 5) is 27.1. The van der Waals surface area contributed by atoms with Crippen LogP contribution in [0.3, 0.4) is 0 Å². The quantitative estimate of drug-likeness (QED) is 0.375. The van der Waals surface area contributed by atoms with Crippen molar-refractivity contribution < 1.29 is 9.53 Å². The highest BCUT2D eigenvalue weighted by atomic mass is 16.5. The summed E-state index contributed by atoms with van der Waals surface area (Å²) >= 11 is 0. The van der Waals surface area contributed by atoms with Gasteiger partial charge in [-0.1, -0.05) is 50.2 Å². The van der Waals surface area contributed by atoms with Gasteiger partial charge in [-0.2, -0.15) is 5.10 Å². The highest BCUT2D eigenvalue weighted by molar-refractivity contribution is 5.91. The van der Waals surface area contributed by atoms with E-state index in [4.69, 9.17) is 19.8 Å². The monoisotopic (exact) mass is 498 g/mol. The van der Waals surface area contributed by atoms with Crippen LogP contribution in [-0.2, 0) is 11.2 Å². The van der Waals surface area contributed by atoms with Crippen LogP contribution in [0.25, 0.3) is 16.7 Å². The maximum absolute atomic E-state index is 12.9. The largest absolute Gasteiger partial charge is 0.484 e. The average Bonchev–Trinajstić information content (AvgIpc) is 3.07. The summed E-state index contributed by atoms with van der Waals surface area (Å²) in [5, 5.41) is 5.84. The second kappa shape index (κ2) is 11.0. The Hall–Kier alpha value is -3.94. The number of anilines is 1. The molecule has 8 heteroatoms. The minimum Gasteiger partial charge on any atom is -0.484 e. The zero-order chi connectivity index (χ0) is 25.8. The van der Waals surface area contributed by atoms with Crippen LogP contribution >= 0.6 is 0 Å². The summed E-state index contributed by atoms with van der Waals surface area (Å²) in [6, 6.07) is 19.6. The molecule has 2 aromatic heterocycles. The van der Waals surface area contributed by atoms with Crippen molar-refractivity contribution in [2.24, 2.45) is 5.92 Å². The maximum Gasteiger partial charge on any atom is 0.260 e. The molecule has 8 nitrogen and oxygen atoms in total. The molecule has 37 heavy (non-hydrogen) atoms. The number of para-hydroxylation sites is 2. The molecule has 192 valence electrons. The van der Waals surface area contributed by atoms with Crippen molar-refractivity contribution in [2.75, 3.05) is 37.7 Å². The number of benzene rings is 2. The number of nitrogens with zero attached hydrogens (tertiary/aromatic N) is 6. The summed E-state index contributed by atoms with van der Waals surface area (Å²) in [5.41, 5.74) is 2.71. The molecule has 3 heterocycles. The van der Waals surface area contributed by atoms with Gasteiger partial charge in [-0.25, -0.2) is 14.6 Å². The van der Waals surface area contributed by atoms with E-state index in [-0.39, 0.29) is 12.5 Å². The molecule has 0 atom stereocenters. The molecule has 0 radical (unpaired) electrons. The number of hydrogen-bond donors (Lipinski definition) is 0. The van der Waals surface area contributed by atoms with Gasteiger partial charge < -0.3 is 14.5 Å². The van der Waals surface area contributed by atoms with E-state index in [0.29, 0.717) is 31.3 Å². The van der Waals surface area contributed by atoms with Gasteiger partial charge in [0.2, 0.25) is 0 Å². The molecule has 4 aromatic rings. The van der Waals surface area contributed by atoms with Crippen LogP contribution < -0.4 is 9.64 Å². The molecule has 0 saturated carbocycles. The van der Waals surface area contributed by atoms with Crippen LogP contribution in [0.15, 0.2) is 60.7 Å². The molecule has 0 unspecified atom stereocenters. The van der Waals surface area contributed by atoms with Crippen LogP contribution in [0.2, 0.25) is 0 Å². The lowest BCUT2D eigenvalue weighted by Gasteiger charge is -2.24. The van der Waals surface area contributed by atoms with E-state index in [2.05, 4.69) is 18.7 Å². The molecule has 5 rings (SSSR count). The summed E-state index contributed by atoms with van der Waals surface area (Å²) < 4.78 is 7.63. The summed E-state index contributed by atoms with van der Waals surface area (Å²) in [7, 11) is 0. The Bertz CT molecular complexity index is 1350. The van der Waals surface area contributed by atoms with E-state index in [1.165, 1.54) is 0 Å². The van der Waals surface area contributed by atoms with Gasteiger partial charge in [0.05, 0.1) is 16.8 Å². The molecule has 1 aliphatic heterocycles. The van der Waals surface area contributed by atoms with Gasteiger partial charge in [0.1, 0.15) is 17.4 Å². The van der Waals surface area contributed by atoms with Gasteiger partial charge in [-0.3, -0.25) is 4.79 Å². The Kier molecular flexibility index (Phi) is 7.35. The Balaban J connectivity index is 1.41. The van der Waals surface area contributed by atoms with Gasteiger partial charge in [-0.15, -0.1) is 0 Å². The van der Waals surface area contributed by atoms with Crippen LogP contribution in [-0.4, -0.2) is 63.3 Å². The molecule has 0 N–H and O–H groups in total. The molecular weight excluding hydrogens is 464 g/mol. The number of rotatable bonds is 7. The molecule has 1 saturated heterocycles. The average molecular weight is 499 g/mol. The van der Waals surface area contributed by atoms with Crippen molar-refractivity contribution in [3.63, 3.8) is 0 Å². The maximum atomic E-state index is 12.9. The smallest absolute Gasteiger partial charge is 0.260 e. The third-order valence-electron chi connectivity index (χ3n) is 6.57. The Morgan fingerprint density at radius 3 is 2.41 bits per heavy atom. The normalized spacial score (nSPS) is 14.3. The third-order valence-corrected chi connectivity index (χ3v) is 6.57. The molecule has 2 aromatic carbocycles. The molecule has 1 aliphatic rings. The Labute approximate surface area is 217 Å². The number of carbonyl (C=O) groups excluding carboxylic acids is 1. The van der Waals surface area contributed by atoms with Crippen LogP contribution in [0.4, 0.5) is 5.82 Å². The van der Waals surface area contributed by atoms with Gasteiger partial charge in [-0.05, 0) is 43.5 Å². The number of amides is 1. The van der Waals surface area contributed by atoms with Crippen molar-refractivity contribution in [1.82, 2.24) is 24.6 Å². The minimum atomic E-state index is 0.00659. The molecular formula is C29H34N6O2. The predicted molar refractivity (Wildman–Crippen MR) is 145 cm³/mol. The highest BCUT2D eigenvalue weighted by Crippen LogP contribution is 2.30. The lowest BCUT2D eigenvalue weighted by Crippen LogP contribution is -2.38. The van der Waals surface area contributed by atoms with Crippen molar-refractivity contribution in [3.8, 4) is 11.4 Å². The second-order valence-electron chi connectivity index (χ2n) is 9.92. The first-order valence-corrected chi connectivity index (χ1v) is 13.0. The van der Waals surface area contributed by atoms with Crippen molar-refractivity contribution in [2.45, 2.75) is 33.6 Å². The fraction of sp³-hybridized carbons (Fsp3) is 0.379. The number of fused-ring (bicyclic) bond motifs is 1. The first-order chi connectivity index (χ1) is 18.0. The lowest BCUT2D eigenvalue weighted by molar-refractivity contribution is -0.133. The zero-order valence-electron chi connectivity index (χ0n) is 21.8. The second-order valence-corrected chi connectivity index (χ2v) is 9.92. The highest BCUT2D eigenvalue weighted by Gasteiger charge is 2.25. The van der Waals surface area contributed by atoms with Crippen LogP contribution in [0.1, 0.15) is 31.8 Å². The first kappa shape index (κ1) is 24.7. The topological polar surface area (TPSA) is 76.4 Å². The van der Waals surface area contributed by atoms with E-state index in [1.807, 2.05) is 77.2 Å². The number of ether oxygens (including phenoxy) is 1. The van der Waals surface area contributed by atoms with E-state index in [9.17, 15) is 4.79 Å². The Morgan fingerprint density at radius 2 is 1.68 bits per heavy atom. The van der Waals surface area contributed by atoms with Crippen LogP contribution in [0, 0.1) is 12.8 Å². The third kappa shape index (κ3) is 5.58. The van der Waals surface area contributed by atoms with E-state index in [0.717, 1.165) is 53.4 Å². The standard InChI is InChI=1S/C29H34N6O2/c1-21(2)19-25-30-28(27-22(3)32-35(29(27)31-25)23-11-6-4-7-12-23)34-16-10-15-33(17-18-34)26(36)20-37-24-13-8-5-9-14-24/h4-9,11-14,21H,10,15-20H2,1-3H3. The zero-order valence-corrected chi connectivity index (χ0v) is 21.8. The molecule has 0 spiro atoms. The number of carbonyl (C=O) groups is 1. The van der Waals surface area contributed by atoms with Gasteiger partial charge in [0, 0.05) is 32.6 Å². The van der Waals surface area contributed by atoms with Crippen molar-refractivity contribution in [3.05, 3.63) is 72.2 Å². The van der Waals surface area contributed by atoms with Gasteiger partial charge in [0.15, 0.2) is 12.3 Å². The fourth-order valence-electron chi connectivity index (χ4n) is 4.77. The molecule has 1 amide bonds. The van der Waals surface area contributed by atoms with Crippen LogP contribution in [0.5, 0.6) is 5.75 Å².